The van der Waals surface area contributed by atoms with Crippen molar-refractivity contribution in [1.82, 2.24) is 10.2 Å². The molecular formula is C17H30N2O2S. The van der Waals surface area contributed by atoms with Crippen LogP contribution in [0.3, 0.4) is 0 Å². The van der Waals surface area contributed by atoms with Crippen LogP contribution in [0.2, 0.25) is 0 Å². The molecular weight excluding hydrogens is 296 g/mol. The van der Waals surface area contributed by atoms with Crippen LogP contribution in [0.4, 0.5) is 4.79 Å². The fraction of sp³-hybridized carbons (Fsp3) is 0.941. The number of ether oxygens (including phenoxy) is 1. The monoisotopic (exact) mass is 326 g/mol. The highest BCUT2D eigenvalue weighted by atomic mass is 32.2. The highest BCUT2D eigenvalue weighted by Crippen LogP contribution is 2.47. The zero-order valence-electron chi connectivity index (χ0n) is 14.5. The van der Waals surface area contributed by atoms with Crippen molar-refractivity contribution >= 4 is 17.9 Å². The largest absolute Gasteiger partial charge is 0.444 e. The molecule has 0 bridgehead atoms. The van der Waals surface area contributed by atoms with Gasteiger partial charge in [-0.2, -0.15) is 11.8 Å². The third kappa shape index (κ3) is 3.40. The van der Waals surface area contributed by atoms with E-state index in [1.165, 1.54) is 17.9 Å². The Morgan fingerprint density at radius 2 is 1.91 bits per heavy atom. The van der Waals surface area contributed by atoms with Crippen molar-refractivity contribution in [2.24, 2.45) is 17.3 Å². The van der Waals surface area contributed by atoms with Crippen molar-refractivity contribution in [3.05, 3.63) is 0 Å². The maximum atomic E-state index is 12.1. The van der Waals surface area contributed by atoms with Crippen molar-refractivity contribution in [2.75, 3.05) is 24.6 Å². The lowest BCUT2D eigenvalue weighted by molar-refractivity contribution is 0.0267. The molecule has 0 aromatic carbocycles. The molecule has 3 atom stereocenters. The maximum Gasteiger partial charge on any atom is 0.410 e. The molecule has 22 heavy (non-hydrogen) atoms. The molecule has 3 rings (SSSR count). The Morgan fingerprint density at radius 1 is 1.27 bits per heavy atom. The van der Waals surface area contributed by atoms with E-state index < -0.39 is 5.60 Å². The van der Waals surface area contributed by atoms with Gasteiger partial charge in [-0.05, 0) is 50.2 Å². The average molecular weight is 327 g/mol. The van der Waals surface area contributed by atoms with E-state index in [0.717, 1.165) is 13.1 Å². The number of amides is 1. The molecule has 2 aliphatic heterocycles. The van der Waals surface area contributed by atoms with Gasteiger partial charge in [0.1, 0.15) is 5.60 Å². The molecule has 1 N–H and O–H groups in total. The number of nitrogens with zero attached hydrogens (tertiary/aromatic N) is 1. The van der Waals surface area contributed by atoms with E-state index in [0.29, 0.717) is 29.3 Å². The third-order valence-electron chi connectivity index (χ3n) is 5.36. The molecule has 3 fully saturated rings. The third-order valence-corrected chi connectivity index (χ3v) is 6.42. The summed E-state index contributed by atoms with van der Waals surface area (Å²) in [7, 11) is 0. The summed E-state index contributed by atoms with van der Waals surface area (Å²) in [6, 6.07) is 1.22. The molecule has 4 nitrogen and oxygen atoms in total. The highest BCUT2D eigenvalue weighted by Gasteiger charge is 2.58. The van der Waals surface area contributed by atoms with Crippen molar-refractivity contribution < 1.29 is 9.53 Å². The van der Waals surface area contributed by atoms with Crippen LogP contribution in [0.1, 0.15) is 41.0 Å². The van der Waals surface area contributed by atoms with Crippen LogP contribution in [0.5, 0.6) is 0 Å². The van der Waals surface area contributed by atoms with Gasteiger partial charge in [-0.3, -0.25) is 0 Å². The average Bonchev–Trinajstić information content (AvgIpc) is 2.82. The van der Waals surface area contributed by atoms with Crippen molar-refractivity contribution in [1.29, 1.82) is 0 Å². The Morgan fingerprint density at radius 3 is 2.45 bits per heavy atom. The van der Waals surface area contributed by atoms with Gasteiger partial charge in [0.15, 0.2) is 0 Å². The second-order valence-electron chi connectivity index (χ2n) is 8.77. The number of hydrogen-bond acceptors (Lipinski definition) is 4. The molecule has 3 unspecified atom stereocenters. The van der Waals surface area contributed by atoms with E-state index in [9.17, 15) is 4.79 Å². The number of nitrogens with one attached hydrogen (secondary N) is 1. The van der Waals surface area contributed by atoms with Gasteiger partial charge in [0.25, 0.3) is 0 Å². The van der Waals surface area contributed by atoms with Crippen LogP contribution in [0.25, 0.3) is 0 Å². The Kier molecular flexibility index (Phi) is 4.17. The summed E-state index contributed by atoms with van der Waals surface area (Å²) in [5, 5.41) is 3.89. The zero-order valence-corrected chi connectivity index (χ0v) is 15.3. The van der Waals surface area contributed by atoms with Gasteiger partial charge in [0.05, 0.1) is 0 Å². The van der Waals surface area contributed by atoms with Crippen LogP contribution in [-0.2, 0) is 4.74 Å². The summed E-state index contributed by atoms with van der Waals surface area (Å²) in [6.07, 6.45) is 1.15. The molecule has 0 aromatic heterocycles. The minimum Gasteiger partial charge on any atom is -0.444 e. The van der Waals surface area contributed by atoms with E-state index in [4.69, 9.17) is 4.74 Å². The number of hydrogen-bond donors (Lipinski definition) is 1. The summed E-state index contributed by atoms with van der Waals surface area (Å²) in [6.45, 7) is 12.3. The van der Waals surface area contributed by atoms with Crippen molar-refractivity contribution in [3.8, 4) is 0 Å². The van der Waals surface area contributed by atoms with Crippen LogP contribution in [-0.4, -0.2) is 53.3 Å². The van der Waals surface area contributed by atoms with Gasteiger partial charge in [-0.25, -0.2) is 4.79 Å². The summed E-state index contributed by atoms with van der Waals surface area (Å²) in [5.41, 5.74) is -0.00213. The fourth-order valence-corrected chi connectivity index (χ4v) is 5.31. The predicted molar refractivity (Wildman–Crippen MR) is 91.2 cm³/mol. The first-order valence-electron chi connectivity index (χ1n) is 8.49. The SMILES string of the molecule is CC(C)(C)OC(=O)N1CC2C(C1)C2NC1CSCCC1(C)C. The molecule has 1 aliphatic carbocycles. The molecule has 5 heteroatoms. The number of likely N-dealkylation sites (tertiary alicyclic amines) is 1. The van der Waals surface area contributed by atoms with Gasteiger partial charge in [-0.1, -0.05) is 13.8 Å². The first-order chi connectivity index (χ1) is 10.2. The van der Waals surface area contributed by atoms with Crippen LogP contribution in [0.15, 0.2) is 0 Å². The minimum absolute atomic E-state index is 0.146. The number of carbonyl (C=O) groups is 1. The van der Waals surface area contributed by atoms with Crippen LogP contribution < -0.4 is 5.32 Å². The molecule has 3 aliphatic rings. The Hall–Kier alpha value is -0.420. The smallest absolute Gasteiger partial charge is 0.410 e. The molecule has 1 saturated carbocycles. The lowest BCUT2D eigenvalue weighted by Gasteiger charge is -2.39. The van der Waals surface area contributed by atoms with Gasteiger partial charge in [-0.15, -0.1) is 0 Å². The van der Waals surface area contributed by atoms with E-state index in [2.05, 4.69) is 30.9 Å². The molecule has 126 valence electrons. The first-order valence-corrected chi connectivity index (χ1v) is 9.64. The summed E-state index contributed by atoms with van der Waals surface area (Å²) in [4.78, 5) is 14.0. The summed E-state index contributed by atoms with van der Waals surface area (Å²) < 4.78 is 5.47. The lowest BCUT2D eigenvalue weighted by Crippen LogP contribution is -2.49. The van der Waals surface area contributed by atoms with Crippen LogP contribution in [0, 0.1) is 17.3 Å². The topological polar surface area (TPSA) is 41.6 Å². The van der Waals surface area contributed by atoms with Crippen molar-refractivity contribution in [3.63, 3.8) is 0 Å². The number of fused-ring (bicyclic) bond motifs is 1. The normalized spacial score (nSPS) is 36.9. The molecule has 1 amide bonds. The van der Waals surface area contributed by atoms with Gasteiger partial charge in [0.2, 0.25) is 0 Å². The standard InChI is InChI=1S/C17H30N2O2S/c1-16(2,3)21-15(20)19-8-11-12(9-19)14(11)18-13-10-22-7-6-17(13,4)5/h11-14,18H,6-10H2,1-5H3. The Balaban J connectivity index is 1.48. The quantitative estimate of drug-likeness (QED) is 0.847. The summed E-state index contributed by atoms with van der Waals surface area (Å²) >= 11 is 2.07. The minimum atomic E-state index is -0.398. The number of piperidine rings is 1. The van der Waals surface area contributed by atoms with Gasteiger partial charge in [0, 0.05) is 30.9 Å². The van der Waals surface area contributed by atoms with E-state index in [1.807, 2.05) is 25.7 Å². The van der Waals surface area contributed by atoms with Gasteiger partial charge < -0.3 is 15.0 Å². The first kappa shape index (κ1) is 16.4. The molecule has 2 heterocycles. The van der Waals surface area contributed by atoms with Gasteiger partial charge >= 0.3 is 6.09 Å². The molecule has 2 saturated heterocycles. The number of rotatable bonds is 2. The predicted octanol–water partition coefficient (Wildman–Crippen LogP) is 2.97. The summed E-state index contributed by atoms with van der Waals surface area (Å²) in [5.74, 6) is 3.78. The van der Waals surface area contributed by atoms with E-state index >= 15 is 0 Å². The number of thioether (sulfide) groups is 1. The highest BCUT2D eigenvalue weighted by molar-refractivity contribution is 7.99. The van der Waals surface area contributed by atoms with E-state index in [1.54, 1.807) is 0 Å². The molecule has 0 spiro atoms. The molecule has 0 radical (unpaired) electrons. The zero-order chi connectivity index (χ0) is 16.1. The maximum absolute atomic E-state index is 12.1. The lowest BCUT2D eigenvalue weighted by atomic mass is 9.82. The number of carbonyl (C=O) groups excluding carboxylic acids is 1. The molecule has 0 aromatic rings. The Bertz CT molecular complexity index is 434. The van der Waals surface area contributed by atoms with Crippen LogP contribution >= 0.6 is 11.8 Å². The van der Waals surface area contributed by atoms with E-state index in [-0.39, 0.29) is 6.09 Å². The van der Waals surface area contributed by atoms with Crippen molar-refractivity contribution in [2.45, 2.75) is 58.7 Å². The Labute approximate surface area is 138 Å². The second-order valence-corrected chi connectivity index (χ2v) is 9.92. The second kappa shape index (κ2) is 5.59. The fourth-order valence-electron chi connectivity index (χ4n) is 3.69.